The number of hydrogen-bond donors (Lipinski definition) is 1. The van der Waals surface area contributed by atoms with Crippen molar-refractivity contribution >= 4 is 10.8 Å². The normalized spacial score (nSPS) is 16.9. The van der Waals surface area contributed by atoms with Gasteiger partial charge in [0.1, 0.15) is 5.75 Å². The molecule has 0 saturated heterocycles. The zero-order chi connectivity index (χ0) is 13.9. The molecule has 20 heavy (non-hydrogen) atoms. The standard InChI is InChI=1S/C18H23NO/c1-3-19-18(13-7-6-8-13)16-11-12-17(20-2)15-10-5-4-9-14(15)16/h4-5,9-13,18-19H,3,6-8H2,1-2H3. The summed E-state index contributed by atoms with van der Waals surface area (Å²) in [6.07, 6.45) is 4.07. The molecule has 0 aliphatic heterocycles. The van der Waals surface area contributed by atoms with Crippen molar-refractivity contribution in [2.75, 3.05) is 13.7 Å². The van der Waals surface area contributed by atoms with E-state index in [1.807, 2.05) is 0 Å². The van der Waals surface area contributed by atoms with Gasteiger partial charge < -0.3 is 10.1 Å². The molecule has 1 aliphatic carbocycles. The van der Waals surface area contributed by atoms with E-state index in [2.05, 4.69) is 48.6 Å². The number of nitrogens with one attached hydrogen (secondary N) is 1. The van der Waals surface area contributed by atoms with E-state index in [1.165, 1.54) is 35.6 Å². The summed E-state index contributed by atoms with van der Waals surface area (Å²) < 4.78 is 5.50. The molecule has 1 saturated carbocycles. The van der Waals surface area contributed by atoms with Crippen molar-refractivity contribution in [1.29, 1.82) is 0 Å². The van der Waals surface area contributed by atoms with Crippen LogP contribution in [-0.2, 0) is 0 Å². The van der Waals surface area contributed by atoms with E-state index in [0.29, 0.717) is 6.04 Å². The number of fused-ring (bicyclic) bond motifs is 1. The molecule has 0 aromatic heterocycles. The van der Waals surface area contributed by atoms with E-state index in [-0.39, 0.29) is 0 Å². The molecule has 0 radical (unpaired) electrons. The van der Waals surface area contributed by atoms with Gasteiger partial charge in [0.15, 0.2) is 0 Å². The average molecular weight is 269 g/mol. The van der Waals surface area contributed by atoms with Crippen LogP contribution in [0.3, 0.4) is 0 Å². The summed E-state index contributed by atoms with van der Waals surface area (Å²) in [6, 6.07) is 13.4. The van der Waals surface area contributed by atoms with Crippen LogP contribution in [0, 0.1) is 5.92 Å². The van der Waals surface area contributed by atoms with Gasteiger partial charge in [-0.25, -0.2) is 0 Å². The summed E-state index contributed by atoms with van der Waals surface area (Å²) >= 11 is 0. The Bertz CT molecular complexity index is 589. The predicted octanol–water partition coefficient (Wildman–Crippen LogP) is 4.30. The first-order valence-electron chi connectivity index (χ1n) is 7.64. The van der Waals surface area contributed by atoms with Crippen molar-refractivity contribution in [2.45, 2.75) is 32.2 Å². The topological polar surface area (TPSA) is 21.3 Å². The van der Waals surface area contributed by atoms with Crippen LogP contribution in [0.2, 0.25) is 0 Å². The number of methoxy groups -OCH3 is 1. The minimum atomic E-state index is 0.476. The quantitative estimate of drug-likeness (QED) is 0.874. The number of rotatable bonds is 5. The highest BCUT2D eigenvalue weighted by atomic mass is 16.5. The summed E-state index contributed by atoms with van der Waals surface area (Å²) in [6.45, 7) is 3.21. The second-order valence-corrected chi connectivity index (χ2v) is 5.63. The van der Waals surface area contributed by atoms with Crippen molar-refractivity contribution in [3.05, 3.63) is 42.0 Å². The Kier molecular flexibility index (Phi) is 3.93. The summed E-state index contributed by atoms with van der Waals surface area (Å²) in [7, 11) is 1.75. The fraction of sp³-hybridized carbons (Fsp3) is 0.444. The van der Waals surface area contributed by atoms with E-state index in [1.54, 1.807) is 7.11 Å². The Hall–Kier alpha value is -1.54. The highest BCUT2D eigenvalue weighted by Gasteiger charge is 2.29. The second-order valence-electron chi connectivity index (χ2n) is 5.63. The Morgan fingerprint density at radius 1 is 1.15 bits per heavy atom. The summed E-state index contributed by atoms with van der Waals surface area (Å²) in [4.78, 5) is 0. The monoisotopic (exact) mass is 269 g/mol. The van der Waals surface area contributed by atoms with E-state index >= 15 is 0 Å². The zero-order valence-electron chi connectivity index (χ0n) is 12.4. The molecule has 0 spiro atoms. The van der Waals surface area contributed by atoms with E-state index in [9.17, 15) is 0 Å². The van der Waals surface area contributed by atoms with Crippen molar-refractivity contribution < 1.29 is 4.74 Å². The van der Waals surface area contributed by atoms with Gasteiger partial charge in [-0.3, -0.25) is 0 Å². The first kappa shape index (κ1) is 13.4. The Labute approximate surface area is 121 Å². The summed E-state index contributed by atoms with van der Waals surface area (Å²) in [5.41, 5.74) is 1.42. The van der Waals surface area contributed by atoms with Gasteiger partial charge in [-0.05, 0) is 42.3 Å². The molecule has 0 heterocycles. The smallest absolute Gasteiger partial charge is 0.126 e. The number of benzene rings is 2. The lowest BCUT2D eigenvalue weighted by molar-refractivity contribution is 0.234. The van der Waals surface area contributed by atoms with Crippen LogP contribution >= 0.6 is 0 Å². The third kappa shape index (κ3) is 2.29. The lowest BCUT2D eigenvalue weighted by atomic mass is 9.76. The Morgan fingerprint density at radius 3 is 2.50 bits per heavy atom. The molecule has 2 nitrogen and oxygen atoms in total. The maximum atomic E-state index is 5.50. The molecule has 0 amide bonds. The summed E-state index contributed by atoms with van der Waals surface area (Å²) in [5, 5.41) is 6.23. The molecule has 2 aromatic carbocycles. The average Bonchev–Trinajstić information content (AvgIpc) is 2.44. The van der Waals surface area contributed by atoms with Gasteiger partial charge in [0, 0.05) is 11.4 Å². The fourth-order valence-electron chi connectivity index (χ4n) is 3.27. The summed E-state index contributed by atoms with van der Waals surface area (Å²) in [5.74, 6) is 1.75. The van der Waals surface area contributed by atoms with Crippen molar-refractivity contribution in [3.8, 4) is 5.75 Å². The van der Waals surface area contributed by atoms with Gasteiger partial charge in [0.25, 0.3) is 0 Å². The molecule has 2 heteroatoms. The third-order valence-electron chi connectivity index (χ3n) is 4.52. The molecule has 1 N–H and O–H groups in total. The third-order valence-corrected chi connectivity index (χ3v) is 4.52. The lowest BCUT2D eigenvalue weighted by Gasteiger charge is -2.35. The molecule has 2 aromatic rings. The molecular weight excluding hydrogens is 246 g/mol. The van der Waals surface area contributed by atoms with Gasteiger partial charge in [0.05, 0.1) is 7.11 Å². The maximum absolute atomic E-state index is 5.50. The molecular formula is C18H23NO. The van der Waals surface area contributed by atoms with E-state index in [4.69, 9.17) is 4.74 Å². The lowest BCUT2D eigenvalue weighted by Crippen LogP contribution is -2.32. The molecule has 106 valence electrons. The minimum absolute atomic E-state index is 0.476. The highest BCUT2D eigenvalue weighted by molar-refractivity contribution is 5.91. The number of ether oxygens (including phenoxy) is 1. The van der Waals surface area contributed by atoms with Crippen molar-refractivity contribution in [2.24, 2.45) is 5.92 Å². The SMILES string of the molecule is CCNC(c1ccc(OC)c2ccccc12)C1CCC1. The Balaban J connectivity index is 2.09. The maximum Gasteiger partial charge on any atom is 0.126 e. The largest absolute Gasteiger partial charge is 0.496 e. The van der Waals surface area contributed by atoms with Crippen LogP contribution in [0.4, 0.5) is 0 Å². The van der Waals surface area contributed by atoms with Crippen molar-refractivity contribution in [3.63, 3.8) is 0 Å². The van der Waals surface area contributed by atoms with E-state index in [0.717, 1.165) is 18.2 Å². The molecule has 3 rings (SSSR count). The van der Waals surface area contributed by atoms with Gasteiger partial charge in [-0.15, -0.1) is 0 Å². The van der Waals surface area contributed by atoms with Crippen LogP contribution in [0.25, 0.3) is 10.8 Å². The first-order chi connectivity index (χ1) is 9.85. The molecule has 0 bridgehead atoms. The van der Waals surface area contributed by atoms with Crippen LogP contribution in [0.5, 0.6) is 5.75 Å². The minimum Gasteiger partial charge on any atom is -0.496 e. The molecule has 1 unspecified atom stereocenters. The Morgan fingerprint density at radius 2 is 1.90 bits per heavy atom. The van der Waals surface area contributed by atoms with Crippen LogP contribution in [0.15, 0.2) is 36.4 Å². The van der Waals surface area contributed by atoms with Gasteiger partial charge in [-0.2, -0.15) is 0 Å². The highest BCUT2D eigenvalue weighted by Crippen LogP contribution is 2.41. The first-order valence-corrected chi connectivity index (χ1v) is 7.64. The predicted molar refractivity (Wildman–Crippen MR) is 84.3 cm³/mol. The number of hydrogen-bond acceptors (Lipinski definition) is 2. The molecule has 1 atom stereocenters. The molecule has 1 aliphatic rings. The molecule has 1 fully saturated rings. The van der Waals surface area contributed by atoms with Crippen LogP contribution < -0.4 is 10.1 Å². The van der Waals surface area contributed by atoms with Crippen molar-refractivity contribution in [1.82, 2.24) is 5.32 Å². The van der Waals surface area contributed by atoms with Gasteiger partial charge in [-0.1, -0.05) is 43.7 Å². The van der Waals surface area contributed by atoms with Gasteiger partial charge >= 0.3 is 0 Å². The van der Waals surface area contributed by atoms with Crippen LogP contribution in [0.1, 0.15) is 37.8 Å². The van der Waals surface area contributed by atoms with Gasteiger partial charge in [0.2, 0.25) is 0 Å². The van der Waals surface area contributed by atoms with Crippen LogP contribution in [-0.4, -0.2) is 13.7 Å². The fourth-order valence-corrected chi connectivity index (χ4v) is 3.27. The van der Waals surface area contributed by atoms with E-state index < -0.39 is 0 Å². The zero-order valence-corrected chi connectivity index (χ0v) is 12.4. The second kappa shape index (κ2) is 5.84.